The quantitative estimate of drug-likeness (QED) is 0.661. The number of amides is 1. The van der Waals surface area contributed by atoms with Gasteiger partial charge < -0.3 is 29.4 Å². The maximum absolute atomic E-state index is 12.1. The van der Waals surface area contributed by atoms with Crippen molar-refractivity contribution in [2.45, 2.75) is 19.1 Å². The zero-order valence-electron chi connectivity index (χ0n) is 15.7. The number of ether oxygens (including phenoxy) is 4. The van der Waals surface area contributed by atoms with Crippen LogP contribution in [0.15, 0.2) is 48.5 Å². The molecule has 2 aromatic carbocycles. The van der Waals surface area contributed by atoms with E-state index in [-0.39, 0.29) is 19.1 Å². The summed E-state index contributed by atoms with van der Waals surface area (Å²) in [6, 6.07) is 14.3. The number of aliphatic hydroxyl groups excluding tert-OH is 1. The lowest BCUT2D eigenvalue weighted by Crippen LogP contribution is -2.41. The molecule has 2 unspecified atom stereocenters. The summed E-state index contributed by atoms with van der Waals surface area (Å²) in [5.41, 5.74) is 0. The van der Waals surface area contributed by atoms with Crippen molar-refractivity contribution >= 4 is 5.91 Å². The van der Waals surface area contributed by atoms with Crippen LogP contribution in [0.1, 0.15) is 6.92 Å². The van der Waals surface area contributed by atoms with E-state index < -0.39 is 12.2 Å². The Bertz CT molecular complexity index is 699. The second-order valence-electron chi connectivity index (χ2n) is 5.77. The summed E-state index contributed by atoms with van der Waals surface area (Å²) in [7, 11) is 3.04. The summed E-state index contributed by atoms with van der Waals surface area (Å²) in [4.78, 5) is 12.1. The Kier molecular flexibility index (Phi) is 7.76. The second kappa shape index (κ2) is 10.3. The molecule has 7 heteroatoms. The van der Waals surface area contributed by atoms with Gasteiger partial charge in [-0.3, -0.25) is 4.79 Å². The van der Waals surface area contributed by atoms with Crippen molar-refractivity contribution in [1.29, 1.82) is 0 Å². The number of nitrogens with one attached hydrogen (secondary N) is 1. The minimum absolute atomic E-state index is 0.0266. The number of benzene rings is 2. The highest BCUT2D eigenvalue weighted by atomic mass is 16.5. The standard InChI is InChI=1S/C20H25NO6/c1-14(27-16-8-5-4-6-9-16)20(23)21-12-15(22)13-26-19-17(24-2)10-7-11-18(19)25-3/h4-11,14-15,22H,12-13H2,1-3H3,(H,21,23). The largest absolute Gasteiger partial charge is 0.493 e. The molecular weight excluding hydrogens is 350 g/mol. The molecule has 0 spiro atoms. The van der Waals surface area contributed by atoms with Crippen molar-refractivity contribution in [2.24, 2.45) is 0 Å². The number of hydrogen-bond donors (Lipinski definition) is 2. The van der Waals surface area contributed by atoms with Crippen molar-refractivity contribution in [3.63, 3.8) is 0 Å². The topological polar surface area (TPSA) is 86.3 Å². The van der Waals surface area contributed by atoms with Gasteiger partial charge in [-0.1, -0.05) is 24.3 Å². The Labute approximate surface area is 158 Å². The molecule has 0 saturated carbocycles. The summed E-state index contributed by atoms with van der Waals surface area (Å²) in [5, 5.41) is 12.7. The van der Waals surface area contributed by atoms with Gasteiger partial charge in [-0.15, -0.1) is 0 Å². The lowest BCUT2D eigenvalue weighted by Gasteiger charge is -2.18. The van der Waals surface area contributed by atoms with E-state index in [9.17, 15) is 9.90 Å². The van der Waals surface area contributed by atoms with Gasteiger partial charge in [-0.05, 0) is 31.2 Å². The van der Waals surface area contributed by atoms with E-state index in [0.29, 0.717) is 23.0 Å². The van der Waals surface area contributed by atoms with Gasteiger partial charge in [0.1, 0.15) is 18.5 Å². The number of carbonyl (C=O) groups excluding carboxylic acids is 1. The van der Waals surface area contributed by atoms with Gasteiger partial charge in [0.2, 0.25) is 5.75 Å². The van der Waals surface area contributed by atoms with Crippen molar-refractivity contribution in [3.8, 4) is 23.0 Å². The van der Waals surface area contributed by atoms with Crippen molar-refractivity contribution < 1.29 is 28.8 Å². The first kappa shape index (κ1) is 20.4. The minimum atomic E-state index is -0.910. The smallest absolute Gasteiger partial charge is 0.260 e. The fourth-order valence-electron chi connectivity index (χ4n) is 2.32. The molecule has 0 aliphatic carbocycles. The number of aliphatic hydroxyl groups is 1. The molecule has 0 aliphatic heterocycles. The van der Waals surface area contributed by atoms with E-state index in [2.05, 4.69) is 5.32 Å². The molecule has 2 atom stereocenters. The average Bonchev–Trinajstić information content (AvgIpc) is 2.70. The molecule has 2 rings (SSSR count). The number of methoxy groups -OCH3 is 2. The van der Waals surface area contributed by atoms with Crippen molar-refractivity contribution in [2.75, 3.05) is 27.4 Å². The monoisotopic (exact) mass is 375 g/mol. The van der Waals surface area contributed by atoms with Gasteiger partial charge in [-0.2, -0.15) is 0 Å². The molecular formula is C20H25NO6. The Hall–Kier alpha value is -2.93. The number of carbonyl (C=O) groups is 1. The molecule has 0 heterocycles. The third kappa shape index (κ3) is 6.07. The number of hydrogen-bond acceptors (Lipinski definition) is 6. The SMILES string of the molecule is COc1cccc(OC)c1OCC(O)CNC(=O)C(C)Oc1ccccc1. The Morgan fingerprint density at radius 1 is 1.04 bits per heavy atom. The van der Waals surface area contributed by atoms with E-state index >= 15 is 0 Å². The number of rotatable bonds is 10. The fraction of sp³-hybridized carbons (Fsp3) is 0.350. The Morgan fingerprint density at radius 3 is 2.26 bits per heavy atom. The molecule has 1 amide bonds. The van der Waals surface area contributed by atoms with Gasteiger partial charge in [0.25, 0.3) is 5.91 Å². The molecule has 7 nitrogen and oxygen atoms in total. The van der Waals surface area contributed by atoms with Crippen LogP contribution in [0.25, 0.3) is 0 Å². The first-order valence-corrected chi connectivity index (χ1v) is 8.56. The molecule has 0 aromatic heterocycles. The van der Waals surface area contributed by atoms with Crippen LogP contribution in [-0.4, -0.2) is 50.6 Å². The molecule has 0 bridgehead atoms. The predicted molar refractivity (Wildman–Crippen MR) is 101 cm³/mol. The summed E-state index contributed by atoms with van der Waals surface area (Å²) in [5.74, 6) is 1.67. The molecule has 2 N–H and O–H groups in total. The molecule has 0 aliphatic rings. The van der Waals surface area contributed by atoms with Crippen LogP contribution >= 0.6 is 0 Å². The highest BCUT2D eigenvalue weighted by molar-refractivity contribution is 5.80. The Balaban J connectivity index is 1.81. The van der Waals surface area contributed by atoms with Crippen LogP contribution in [0, 0.1) is 0 Å². The highest BCUT2D eigenvalue weighted by Gasteiger charge is 2.17. The first-order chi connectivity index (χ1) is 13.0. The molecule has 0 saturated heterocycles. The van der Waals surface area contributed by atoms with E-state index in [1.54, 1.807) is 37.3 Å². The van der Waals surface area contributed by atoms with Gasteiger partial charge in [0.05, 0.1) is 14.2 Å². The number of para-hydroxylation sites is 2. The third-order valence-electron chi connectivity index (χ3n) is 3.74. The second-order valence-corrected chi connectivity index (χ2v) is 5.77. The van der Waals surface area contributed by atoms with Gasteiger partial charge in [0.15, 0.2) is 17.6 Å². The zero-order chi connectivity index (χ0) is 19.6. The maximum Gasteiger partial charge on any atom is 0.260 e. The lowest BCUT2D eigenvalue weighted by atomic mass is 10.3. The first-order valence-electron chi connectivity index (χ1n) is 8.56. The van der Waals surface area contributed by atoms with E-state index in [1.807, 2.05) is 18.2 Å². The zero-order valence-corrected chi connectivity index (χ0v) is 15.7. The normalized spacial score (nSPS) is 12.6. The predicted octanol–water partition coefficient (Wildman–Crippen LogP) is 2.03. The molecule has 146 valence electrons. The van der Waals surface area contributed by atoms with Crippen LogP contribution < -0.4 is 24.3 Å². The van der Waals surface area contributed by atoms with E-state index in [4.69, 9.17) is 18.9 Å². The summed E-state index contributed by atoms with van der Waals surface area (Å²) < 4.78 is 21.6. The van der Waals surface area contributed by atoms with Gasteiger partial charge >= 0.3 is 0 Å². The van der Waals surface area contributed by atoms with Crippen LogP contribution in [0.2, 0.25) is 0 Å². The van der Waals surface area contributed by atoms with E-state index in [0.717, 1.165) is 0 Å². The molecule has 2 aromatic rings. The van der Waals surface area contributed by atoms with Gasteiger partial charge in [0, 0.05) is 6.54 Å². The van der Waals surface area contributed by atoms with Crippen LogP contribution in [0.5, 0.6) is 23.0 Å². The van der Waals surface area contributed by atoms with Crippen LogP contribution in [0.3, 0.4) is 0 Å². The Morgan fingerprint density at radius 2 is 1.67 bits per heavy atom. The lowest BCUT2D eigenvalue weighted by molar-refractivity contribution is -0.127. The minimum Gasteiger partial charge on any atom is -0.493 e. The molecule has 0 radical (unpaired) electrons. The van der Waals surface area contributed by atoms with Crippen LogP contribution in [0.4, 0.5) is 0 Å². The molecule has 0 fully saturated rings. The van der Waals surface area contributed by atoms with Crippen LogP contribution in [-0.2, 0) is 4.79 Å². The fourth-order valence-corrected chi connectivity index (χ4v) is 2.32. The molecule has 27 heavy (non-hydrogen) atoms. The van der Waals surface area contributed by atoms with Gasteiger partial charge in [-0.25, -0.2) is 0 Å². The van der Waals surface area contributed by atoms with E-state index in [1.165, 1.54) is 14.2 Å². The maximum atomic E-state index is 12.1. The average molecular weight is 375 g/mol. The van der Waals surface area contributed by atoms with Crippen molar-refractivity contribution in [3.05, 3.63) is 48.5 Å². The van der Waals surface area contributed by atoms with Crippen molar-refractivity contribution in [1.82, 2.24) is 5.32 Å². The summed E-state index contributed by atoms with van der Waals surface area (Å²) >= 11 is 0. The third-order valence-corrected chi connectivity index (χ3v) is 3.74. The summed E-state index contributed by atoms with van der Waals surface area (Å²) in [6.45, 7) is 1.63. The highest BCUT2D eigenvalue weighted by Crippen LogP contribution is 2.36. The summed E-state index contributed by atoms with van der Waals surface area (Å²) in [6.07, 6.45) is -1.60.